The first-order valence-corrected chi connectivity index (χ1v) is 9.88. The molecule has 2 saturated heterocycles. The highest BCUT2D eigenvalue weighted by Crippen LogP contribution is 2.23. The molecule has 0 aromatic carbocycles. The molecule has 2 amide bonds. The third-order valence-corrected chi connectivity index (χ3v) is 5.61. The first-order chi connectivity index (χ1) is 12.7. The molecule has 3 heterocycles. The molecule has 0 radical (unpaired) electrons. The van der Waals surface area contributed by atoms with E-state index in [1.165, 1.54) is 0 Å². The highest BCUT2D eigenvalue weighted by molar-refractivity contribution is 5.83. The van der Waals surface area contributed by atoms with E-state index < -0.39 is 0 Å². The third-order valence-electron chi connectivity index (χ3n) is 5.61. The summed E-state index contributed by atoms with van der Waals surface area (Å²) in [4.78, 5) is 38.0. The van der Waals surface area contributed by atoms with Crippen LogP contribution in [0.2, 0.25) is 0 Å². The fourth-order valence-corrected chi connectivity index (χ4v) is 3.76. The van der Waals surface area contributed by atoms with Crippen LogP contribution in [0.1, 0.15) is 52.1 Å². The number of rotatable bonds is 3. The second-order valence-corrected chi connectivity index (χ2v) is 8.80. The maximum absolute atomic E-state index is 12.6. The molecular weight excluding hydrogens is 344 g/mol. The molecule has 2 aliphatic rings. The smallest absolute Gasteiger partial charge is 0.266 e. The first-order valence-electron chi connectivity index (χ1n) is 9.88. The van der Waals surface area contributed by atoms with Gasteiger partial charge in [0, 0.05) is 44.1 Å². The lowest BCUT2D eigenvalue weighted by Crippen LogP contribution is -2.47. The van der Waals surface area contributed by atoms with Gasteiger partial charge in [-0.05, 0) is 31.2 Å². The van der Waals surface area contributed by atoms with Gasteiger partial charge >= 0.3 is 0 Å². The summed E-state index contributed by atoms with van der Waals surface area (Å²) in [5.74, 6) is 0.444. The standard InChI is InChI=1S/C20H30N4O3/c1-20(2,3)16-5-7-18(26)24(22-16)13-14-8-10-23(11-9-14)19(27)15-4-6-17(25)21-12-15/h5,7,14-15H,4,6,8-13H2,1-3H3,(H,21,25). The number of carbonyl (C=O) groups is 2. The predicted octanol–water partition coefficient (Wildman–Crippen LogP) is 1.31. The van der Waals surface area contributed by atoms with Gasteiger partial charge in [-0.25, -0.2) is 4.68 Å². The quantitative estimate of drug-likeness (QED) is 0.864. The predicted molar refractivity (Wildman–Crippen MR) is 102 cm³/mol. The van der Waals surface area contributed by atoms with E-state index in [9.17, 15) is 14.4 Å². The molecule has 1 aromatic rings. The molecule has 1 atom stereocenters. The van der Waals surface area contributed by atoms with Gasteiger partial charge in [0.15, 0.2) is 0 Å². The molecule has 0 bridgehead atoms. The molecule has 1 N–H and O–H groups in total. The summed E-state index contributed by atoms with van der Waals surface area (Å²) in [6, 6.07) is 3.41. The summed E-state index contributed by atoms with van der Waals surface area (Å²) in [5.41, 5.74) is 0.745. The highest BCUT2D eigenvalue weighted by atomic mass is 16.2. The number of nitrogens with zero attached hydrogens (tertiary/aromatic N) is 3. The first kappa shape index (κ1) is 19.6. The Labute approximate surface area is 160 Å². The van der Waals surface area contributed by atoms with Crippen molar-refractivity contribution < 1.29 is 9.59 Å². The molecule has 0 spiro atoms. The van der Waals surface area contributed by atoms with Crippen LogP contribution in [0.25, 0.3) is 0 Å². The average Bonchev–Trinajstić information content (AvgIpc) is 2.63. The molecule has 0 aliphatic carbocycles. The Balaban J connectivity index is 1.56. The third kappa shape index (κ3) is 4.76. The van der Waals surface area contributed by atoms with Crippen molar-refractivity contribution in [2.24, 2.45) is 11.8 Å². The Morgan fingerprint density at radius 2 is 1.89 bits per heavy atom. The van der Waals surface area contributed by atoms with Crippen LogP contribution in [0.3, 0.4) is 0 Å². The van der Waals surface area contributed by atoms with Gasteiger partial charge in [0.05, 0.1) is 11.6 Å². The lowest BCUT2D eigenvalue weighted by atomic mass is 9.92. The Bertz CT molecular complexity index is 747. The molecule has 3 rings (SSSR count). The molecule has 0 saturated carbocycles. The topological polar surface area (TPSA) is 84.3 Å². The number of aromatic nitrogens is 2. The second-order valence-electron chi connectivity index (χ2n) is 8.80. The Morgan fingerprint density at radius 3 is 2.48 bits per heavy atom. The summed E-state index contributed by atoms with van der Waals surface area (Å²) in [6.07, 6.45) is 2.83. The van der Waals surface area contributed by atoms with Gasteiger partial charge in [-0.3, -0.25) is 14.4 Å². The molecule has 27 heavy (non-hydrogen) atoms. The number of hydrogen-bond acceptors (Lipinski definition) is 4. The number of hydrogen-bond donors (Lipinski definition) is 1. The van der Waals surface area contributed by atoms with Crippen molar-refractivity contribution in [3.8, 4) is 0 Å². The lowest BCUT2D eigenvalue weighted by Gasteiger charge is -2.35. The van der Waals surface area contributed by atoms with Gasteiger partial charge in [0.25, 0.3) is 5.56 Å². The lowest BCUT2D eigenvalue weighted by molar-refractivity contribution is -0.138. The van der Waals surface area contributed by atoms with Crippen molar-refractivity contribution in [1.82, 2.24) is 20.0 Å². The highest BCUT2D eigenvalue weighted by Gasteiger charge is 2.31. The molecule has 1 aromatic heterocycles. The molecule has 2 fully saturated rings. The molecule has 7 heteroatoms. The zero-order valence-corrected chi connectivity index (χ0v) is 16.5. The monoisotopic (exact) mass is 374 g/mol. The van der Waals surface area contributed by atoms with E-state index in [-0.39, 0.29) is 28.7 Å². The number of likely N-dealkylation sites (tertiary alicyclic amines) is 1. The fraction of sp³-hybridized carbons (Fsp3) is 0.700. The summed E-state index contributed by atoms with van der Waals surface area (Å²) >= 11 is 0. The van der Waals surface area contributed by atoms with Gasteiger partial charge < -0.3 is 10.2 Å². The zero-order chi connectivity index (χ0) is 19.6. The minimum absolute atomic E-state index is 0.0354. The molecule has 1 unspecified atom stereocenters. The van der Waals surface area contributed by atoms with E-state index in [1.807, 2.05) is 11.0 Å². The summed E-state index contributed by atoms with van der Waals surface area (Å²) in [5, 5.41) is 7.34. The Morgan fingerprint density at radius 1 is 1.19 bits per heavy atom. The van der Waals surface area contributed by atoms with Crippen LogP contribution < -0.4 is 10.9 Å². The van der Waals surface area contributed by atoms with E-state index in [4.69, 9.17) is 0 Å². The van der Waals surface area contributed by atoms with Crippen molar-refractivity contribution in [3.63, 3.8) is 0 Å². The van der Waals surface area contributed by atoms with Crippen LogP contribution in [-0.2, 0) is 21.5 Å². The van der Waals surface area contributed by atoms with Crippen LogP contribution in [0.5, 0.6) is 0 Å². The van der Waals surface area contributed by atoms with Gasteiger partial charge in [0.1, 0.15) is 0 Å². The van der Waals surface area contributed by atoms with Crippen molar-refractivity contribution >= 4 is 11.8 Å². The fourth-order valence-electron chi connectivity index (χ4n) is 3.76. The summed E-state index contributed by atoms with van der Waals surface area (Å²) in [7, 11) is 0. The van der Waals surface area contributed by atoms with Gasteiger partial charge in [-0.1, -0.05) is 20.8 Å². The Kier molecular flexibility index (Phi) is 5.67. The Hall–Kier alpha value is -2.18. The van der Waals surface area contributed by atoms with E-state index in [0.29, 0.717) is 44.9 Å². The molecule has 148 valence electrons. The van der Waals surface area contributed by atoms with Crippen LogP contribution in [0.4, 0.5) is 0 Å². The molecule has 7 nitrogen and oxygen atoms in total. The number of piperidine rings is 2. The average molecular weight is 374 g/mol. The van der Waals surface area contributed by atoms with Crippen LogP contribution in [0.15, 0.2) is 16.9 Å². The van der Waals surface area contributed by atoms with E-state index in [2.05, 4.69) is 31.2 Å². The number of amides is 2. The summed E-state index contributed by atoms with van der Waals surface area (Å²) in [6.45, 7) is 8.73. The number of nitrogens with one attached hydrogen (secondary N) is 1. The van der Waals surface area contributed by atoms with E-state index in [1.54, 1.807) is 10.7 Å². The SMILES string of the molecule is CC(C)(C)c1ccc(=O)n(CC2CCN(C(=O)C3CCC(=O)NC3)CC2)n1. The van der Waals surface area contributed by atoms with Crippen molar-refractivity contribution in [3.05, 3.63) is 28.2 Å². The summed E-state index contributed by atoms with van der Waals surface area (Å²) < 4.78 is 1.58. The number of carbonyl (C=O) groups excluding carboxylic acids is 2. The van der Waals surface area contributed by atoms with Gasteiger partial charge in [0.2, 0.25) is 11.8 Å². The normalized spacial score (nSPS) is 21.8. The largest absolute Gasteiger partial charge is 0.355 e. The maximum atomic E-state index is 12.6. The maximum Gasteiger partial charge on any atom is 0.266 e. The van der Waals surface area contributed by atoms with Gasteiger partial charge in [-0.15, -0.1) is 0 Å². The van der Waals surface area contributed by atoms with Crippen molar-refractivity contribution in [1.29, 1.82) is 0 Å². The van der Waals surface area contributed by atoms with Crippen molar-refractivity contribution in [2.45, 2.75) is 58.4 Å². The molecule has 2 aliphatic heterocycles. The van der Waals surface area contributed by atoms with Crippen molar-refractivity contribution in [2.75, 3.05) is 19.6 Å². The van der Waals surface area contributed by atoms with E-state index >= 15 is 0 Å². The minimum atomic E-state index is -0.0966. The van der Waals surface area contributed by atoms with Crippen LogP contribution in [0, 0.1) is 11.8 Å². The van der Waals surface area contributed by atoms with Crippen LogP contribution >= 0.6 is 0 Å². The molecular formula is C20H30N4O3. The zero-order valence-electron chi connectivity index (χ0n) is 16.5. The van der Waals surface area contributed by atoms with Crippen LogP contribution in [-0.4, -0.2) is 46.1 Å². The second kappa shape index (κ2) is 7.82. The van der Waals surface area contributed by atoms with Gasteiger partial charge in [-0.2, -0.15) is 5.10 Å². The van der Waals surface area contributed by atoms with E-state index in [0.717, 1.165) is 18.5 Å². The minimum Gasteiger partial charge on any atom is -0.355 e.